The van der Waals surface area contributed by atoms with Crippen LogP contribution in [-0.2, 0) is 6.54 Å². The van der Waals surface area contributed by atoms with Gasteiger partial charge in [0.05, 0.1) is 23.0 Å². The van der Waals surface area contributed by atoms with Gasteiger partial charge in [0.2, 0.25) is 6.79 Å². The van der Waals surface area contributed by atoms with Crippen LogP contribution in [0.4, 0.5) is 0 Å². The maximum Gasteiger partial charge on any atom is 0.265 e. The predicted octanol–water partition coefficient (Wildman–Crippen LogP) is 3.67. The van der Waals surface area contributed by atoms with Crippen molar-refractivity contribution in [3.63, 3.8) is 0 Å². The molecule has 0 spiro atoms. The Morgan fingerprint density at radius 3 is 2.58 bits per heavy atom. The molecule has 0 saturated carbocycles. The van der Waals surface area contributed by atoms with E-state index in [1.807, 2.05) is 47.0 Å². The van der Waals surface area contributed by atoms with E-state index in [-0.39, 0.29) is 12.4 Å². The van der Waals surface area contributed by atoms with E-state index in [0.717, 1.165) is 16.7 Å². The smallest absolute Gasteiger partial charge is 0.265 e. The van der Waals surface area contributed by atoms with Crippen molar-refractivity contribution in [3.8, 4) is 17.2 Å². The summed E-state index contributed by atoms with van der Waals surface area (Å²) >= 11 is 0. The fraction of sp³-hybridized carbons (Fsp3) is 0.217. The summed E-state index contributed by atoms with van der Waals surface area (Å²) in [5.41, 5.74) is 3.80. The highest BCUT2D eigenvalue weighted by Crippen LogP contribution is 2.36. The highest BCUT2D eigenvalue weighted by atomic mass is 16.7. The van der Waals surface area contributed by atoms with Gasteiger partial charge in [-0.2, -0.15) is 0 Å². The number of hydrogen-bond acceptors (Lipinski definition) is 6. The molecule has 3 aromatic heterocycles. The molecule has 5 aromatic rings. The highest BCUT2D eigenvalue weighted by Gasteiger charge is 2.22. The second kappa shape index (κ2) is 6.53. The third-order valence-electron chi connectivity index (χ3n) is 5.41. The minimum absolute atomic E-state index is 0.118. The Bertz CT molecular complexity index is 1550. The fourth-order valence-electron chi connectivity index (χ4n) is 4.06. The first-order valence-corrected chi connectivity index (χ1v) is 10.2. The number of benzene rings is 2. The third-order valence-corrected chi connectivity index (χ3v) is 5.41. The summed E-state index contributed by atoms with van der Waals surface area (Å²) in [6, 6.07) is 13.3. The molecule has 0 radical (unpaired) electrons. The van der Waals surface area contributed by atoms with Gasteiger partial charge in [-0.25, -0.2) is 15.0 Å². The summed E-state index contributed by atoms with van der Waals surface area (Å²) < 4.78 is 14.5. The Labute approximate surface area is 176 Å². The van der Waals surface area contributed by atoms with Gasteiger partial charge in [-0.15, -0.1) is 0 Å². The van der Waals surface area contributed by atoms with Crippen LogP contribution in [0.25, 0.3) is 38.9 Å². The van der Waals surface area contributed by atoms with Gasteiger partial charge in [0.25, 0.3) is 5.56 Å². The van der Waals surface area contributed by atoms with Crippen LogP contribution in [0.3, 0.4) is 0 Å². The maximum absolute atomic E-state index is 13.4. The summed E-state index contributed by atoms with van der Waals surface area (Å²) in [6.45, 7) is 4.91. The van der Waals surface area contributed by atoms with Crippen molar-refractivity contribution in [1.29, 1.82) is 0 Å². The number of hydrogen-bond donors (Lipinski definition) is 0. The number of aromatic nitrogens is 5. The van der Waals surface area contributed by atoms with Gasteiger partial charge >= 0.3 is 0 Å². The largest absolute Gasteiger partial charge is 0.454 e. The highest BCUT2D eigenvalue weighted by molar-refractivity contribution is 6.05. The Hall–Kier alpha value is -3.94. The van der Waals surface area contributed by atoms with Gasteiger partial charge < -0.3 is 9.47 Å². The molecule has 1 aliphatic heterocycles. The number of ether oxygens (including phenoxy) is 2. The topological polar surface area (TPSA) is 84.1 Å². The molecule has 6 rings (SSSR count). The summed E-state index contributed by atoms with van der Waals surface area (Å²) in [7, 11) is 0. The molecule has 8 nitrogen and oxygen atoms in total. The summed E-state index contributed by atoms with van der Waals surface area (Å²) in [5, 5.41) is 0.467. The molecule has 0 fully saturated rings. The number of nitrogens with zero attached hydrogens (tertiary/aromatic N) is 5. The van der Waals surface area contributed by atoms with E-state index in [1.54, 1.807) is 10.9 Å². The van der Waals surface area contributed by atoms with Crippen molar-refractivity contribution in [3.05, 3.63) is 59.1 Å². The van der Waals surface area contributed by atoms with E-state index in [2.05, 4.69) is 18.8 Å². The van der Waals surface area contributed by atoms with Crippen molar-refractivity contribution < 1.29 is 9.47 Å². The van der Waals surface area contributed by atoms with Gasteiger partial charge in [-0.3, -0.25) is 13.9 Å². The first-order valence-electron chi connectivity index (χ1n) is 10.2. The average molecular weight is 413 g/mol. The summed E-state index contributed by atoms with van der Waals surface area (Å²) in [5.74, 6) is 1.65. The minimum atomic E-state index is -0.118. The molecule has 0 N–H and O–H groups in total. The maximum atomic E-state index is 13.4. The van der Waals surface area contributed by atoms with E-state index in [4.69, 9.17) is 19.4 Å². The molecule has 0 unspecified atom stereocenters. The van der Waals surface area contributed by atoms with Gasteiger partial charge in [0, 0.05) is 12.6 Å². The zero-order chi connectivity index (χ0) is 21.1. The lowest BCUT2D eigenvalue weighted by atomic mass is 10.2. The van der Waals surface area contributed by atoms with Crippen LogP contribution >= 0.6 is 0 Å². The first kappa shape index (κ1) is 17.9. The monoisotopic (exact) mass is 413 g/mol. The van der Waals surface area contributed by atoms with Crippen LogP contribution < -0.4 is 15.0 Å². The minimum Gasteiger partial charge on any atom is -0.454 e. The van der Waals surface area contributed by atoms with Crippen LogP contribution in [0.15, 0.2) is 53.6 Å². The molecule has 154 valence electrons. The zero-order valence-electron chi connectivity index (χ0n) is 17.1. The van der Waals surface area contributed by atoms with Crippen molar-refractivity contribution >= 4 is 33.2 Å². The number of fused-ring (bicyclic) bond motifs is 5. The van der Waals surface area contributed by atoms with Crippen LogP contribution in [-0.4, -0.2) is 30.9 Å². The standard InChI is InChI=1S/C23H19N5O3/c1-13(2)10-27-11-24-21-19(23(27)29)20-22(26-16-6-4-3-5-15(16)25-20)28(21)14-7-8-17-18(9-14)31-12-30-17/h3-9,11,13H,10,12H2,1-2H3. The van der Waals surface area contributed by atoms with E-state index < -0.39 is 0 Å². The van der Waals surface area contributed by atoms with E-state index in [0.29, 0.717) is 46.2 Å². The Kier molecular flexibility index (Phi) is 3.77. The molecule has 31 heavy (non-hydrogen) atoms. The first-order chi connectivity index (χ1) is 15.1. The van der Waals surface area contributed by atoms with Gasteiger partial charge in [0.1, 0.15) is 10.9 Å². The summed E-state index contributed by atoms with van der Waals surface area (Å²) in [6.07, 6.45) is 1.60. The molecule has 4 heterocycles. The molecule has 0 atom stereocenters. The van der Waals surface area contributed by atoms with Gasteiger partial charge in [-0.1, -0.05) is 26.0 Å². The Balaban J connectivity index is 1.74. The lowest BCUT2D eigenvalue weighted by Crippen LogP contribution is -2.23. The molecule has 0 saturated heterocycles. The molecular weight excluding hydrogens is 394 g/mol. The van der Waals surface area contributed by atoms with Crippen molar-refractivity contribution in [1.82, 2.24) is 24.1 Å². The van der Waals surface area contributed by atoms with Crippen LogP contribution in [0, 0.1) is 5.92 Å². The molecule has 1 aliphatic rings. The zero-order valence-corrected chi connectivity index (χ0v) is 17.1. The quantitative estimate of drug-likeness (QED) is 0.449. The lowest BCUT2D eigenvalue weighted by molar-refractivity contribution is 0.174. The van der Waals surface area contributed by atoms with Gasteiger partial charge in [0.15, 0.2) is 22.8 Å². The van der Waals surface area contributed by atoms with Crippen molar-refractivity contribution in [2.24, 2.45) is 5.92 Å². The summed E-state index contributed by atoms with van der Waals surface area (Å²) in [4.78, 5) is 27.8. The van der Waals surface area contributed by atoms with Crippen LogP contribution in [0.5, 0.6) is 11.5 Å². The number of para-hydroxylation sites is 2. The second-order valence-electron chi connectivity index (χ2n) is 8.05. The van der Waals surface area contributed by atoms with Crippen molar-refractivity contribution in [2.45, 2.75) is 20.4 Å². The Morgan fingerprint density at radius 2 is 1.77 bits per heavy atom. The van der Waals surface area contributed by atoms with Crippen LogP contribution in [0.1, 0.15) is 13.8 Å². The molecule has 0 bridgehead atoms. The van der Waals surface area contributed by atoms with Crippen LogP contribution in [0.2, 0.25) is 0 Å². The van der Waals surface area contributed by atoms with E-state index in [1.165, 1.54) is 0 Å². The normalized spacial score (nSPS) is 13.1. The molecular formula is C23H19N5O3. The van der Waals surface area contributed by atoms with Gasteiger partial charge in [-0.05, 0) is 30.2 Å². The number of rotatable bonds is 3. The molecule has 0 amide bonds. The van der Waals surface area contributed by atoms with Crippen molar-refractivity contribution in [2.75, 3.05) is 6.79 Å². The Morgan fingerprint density at radius 1 is 1.00 bits per heavy atom. The second-order valence-corrected chi connectivity index (χ2v) is 8.05. The SMILES string of the molecule is CC(C)Cn1cnc2c(c1=O)c1nc3ccccc3nc1n2-c1ccc2c(c1)OCO2. The predicted molar refractivity (Wildman–Crippen MR) is 117 cm³/mol. The molecule has 0 aliphatic carbocycles. The lowest BCUT2D eigenvalue weighted by Gasteiger charge is -2.09. The fourth-order valence-corrected chi connectivity index (χ4v) is 4.06. The molecule has 2 aromatic carbocycles. The average Bonchev–Trinajstić information content (AvgIpc) is 3.35. The molecule has 8 heteroatoms. The third kappa shape index (κ3) is 2.68. The van der Waals surface area contributed by atoms with E-state index >= 15 is 0 Å². The van der Waals surface area contributed by atoms with E-state index in [9.17, 15) is 4.79 Å².